The third kappa shape index (κ3) is 18.1. The summed E-state index contributed by atoms with van der Waals surface area (Å²) in [5.41, 5.74) is 5.48. The molecule has 22 aliphatic heterocycles. The Hall–Kier alpha value is -2.10. The molecule has 0 aromatic heterocycles. The minimum absolute atomic E-state index is 0. The van der Waals surface area contributed by atoms with Crippen LogP contribution in [0.25, 0.3) is 0 Å². The zero-order chi connectivity index (χ0) is 65.9. The smallest absolute Gasteiger partial charge is 0.187 e. The fraction of sp³-hybridized carbons (Fsp3) is 0.810. The van der Waals surface area contributed by atoms with Crippen molar-refractivity contribution in [2.75, 3.05) is 44.6 Å². The molecule has 30 atom stereocenters. The summed E-state index contributed by atoms with van der Waals surface area (Å²) in [7, 11) is 0. The molecule has 0 spiro atoms. The van der Waals surface area contributed by atoms with Crippen molar-refractivity contribution in [1.29, 1.82) is 0 Å². The van der Waals surface area contributed by atoms with Gasteiger partial charge in [0.25, 0.3) is 0 Å². The number of halogens is 1. The van der Waals surface area contributed by atoms with E-state index in [1.807, 2.05) is 24.0 Å². The van der Waals surface area contributed by atoms with E-state index in [9.17, 15) is 96.7 Å². The Kier molecular flexibility index (Phi) is 31.2. The molecule has 32 heteroatoms. The van der Waals surface area contributed by atoms with Gasteiger partial charge in [0.1, 0.15) is 153 Å². The Morgan fingerprint density at radius 3 is 0.889 bits per heavy atom. The van der Waals surface area contributed by atoms with Crippen LogP contribution in [-0.2, 0) is 61.6 Å². The zero-order valence-electron chi connectivity index (χ0n) is 50.0. The van der Waals surface area contributed by atoms with Crippen molar-refractivity contribution in [1.82, 2.24) is 0 Å². The average molecular weight is 1420 g/mol. The molecule has 0 aromatic carbocycles. The number of ether oxygens (including phenoxy) is 12. The van der Waals surface area contributed by atoms with Gasteiger partial charge in [0.15, 0.2) is 37.7 Å². The quantitative estimate of drug-likeness (QED) is 0.0301. The second-order valence-corrected chi connectivity index (χ2v) is 23.4. The van der Waals surface area contributed by atoms with Crippen molar-refractivity contribution >= 4 is 28.9 Å². The highest BCUT2D eigenvalue weighted by atomic mass is 127. The van der Waals surface area contributed by atoms with Gasteiger partial charge in [0.2, 0.25) is 0 Å². The number of hydrogen-bond acceptors (Lipinski definition) is 31. The molecule has 23 aliphatic rings. The molecule has 22 heterocycles. The lowest BCUT2D eigenvalue weighted by atomic mass is 9.72. The summed E-state index contributed by atoms with van der Waals surface area (Å²) in [5.74, 6) is 0. The maximum absolute atomic E-state index is 11.2. The average Bonchev–Trinajstić information content (AvgIpc) is 0.793. The van der Waals surface area contributed by atoms with Crippen LogP contribution in [0.2, 0.25) is 0 Å². The molecule has 18 N–H and O–H groups in total. The molecule has 0 saturated carbocycles. The molecule has 0 aromatic rings. The first-order valence-electron chi connectivity index (χ1n) is 29.2. The minimum Gasteiger partial charge on any atom is -0.394 e. The number of aliphatic hydroxyl groups excluding tert-OH is 18. The summed E-state index contributed by atoms with van der Waals surface area (Å²) in [6.07, 6.45) is -41.8. The molecule has 22 fully saturated rings. The maximum Gasteiger partial charge on any atom is 0.187 e. The van der Waals surface area contributed by atoms with Crippen LogP contribution in [-0.4, -0.2) is 327 Å². The monoisotopic (exact) mass is 1410 g/mol. The van der Waals surface area contributed by atoms with Crippen molar-refractivity contribution in [3.8, 4) is 0 Å². The van der Waals surface area contributed by atoms with Gasteiger partial charge >= 0.3 is 0 Å². The molecule has 23 rings (SSSR count). The van der Waals surface area contributed by atoms with E-state index in [0.29, 0.717) is 0 Å². The van der Waals surface area contributed by atoms with Gasteiger partial charge in [-0.2, -0.15) is 0 Å². The molecule has 0 amide bonds. The number of aliphatic hydroxyl groups is 18. The van der Waals surface area contributed by atoms with E-state index in [1.165, 1.54) is 36.0 Å². The first-order valence-corrected chi connectivity index (χ1v) is 31.4. The van der Waals surface area contributed by atoms with Crippen LogP contribution in [0.3, 0.4) is 0 Å². The van der Waals surface area contributed by atoms with Crippen molar-refractivity contribution in [2.24, 2.45) is 5.41 Å². The van der Waals surface area contributed by atoms with Crippen LogP contribution in [0.15, 0.2) is 58.7 Å². The van der Waals surface area contributed by atoms with E-state index < -0.39 is 224 Å². The second-order valence-electron chi connectivity index (χ2n) is 23.4. The van der Waals surface area contributed by atoms with Crippen LogP contribution in [0.5, 0.6) is 0 Å². The Morgan fingerprint density at radius 1 is 0.422 bits per heavy atom. The third-order valence-corrected chi connectivity index (χ3v) is 16.8. The topological polar surface area (TPSA) is 492 Å². The van der Waals surface area contributed by atoms with Crippen molar-refractivity contribution in [3.63, 3.8) is 0 Å². The fourth-order valence-electron chi connectivity index (χ4n) is 11.7. The van der Waals surface area contributed by atoms with Gasteiger partial charge < -0.3 is 149 Å². The maximum atomic E-state index is 11.2. The molecule has 0 radical (unpaired) electrons. The lowest BCUT2D eigenvalue weighted by molar-refractivity contribution is -0.404. The molecular weight excluding hydrogens is 1320 g/mol. The summed E-state index contributed by atoms with van der Waals surface area (Å²) in [6, 6.07) is 0. The van der Waals surface area contributed by atoms with Gasteiger partial charge in [-0.05, 0) is 67.6 Å². The van der Waals surface area contributed by atoms with E-state index in [-0.39, 0.29) is 12.8 Å². The first-order chi connectivity index (χ1) is 42.3. The molecular formula is C58H95IO31. The van der Waals surface area contributed by atoms with Gasteiger partial charge in [-0.1, -0.05) is 85.4 Å². The number of rotatable bonds is 11. The van der Waals surface area contributed by atoms with E-state index >= 15 is 0 Å². The lowest BCUT2D eigenvalue weighted by Crippen LogP contribution is -2.69. The summed E-state index contributed by atoms with van der Waals surface area (Å²) in [5, 5.41) is 196. The number of carbonyl (C=O) groups is 1. The van der Waals surface area contributed by atoms with Crippen molar-refractivity contribution in [3.05, 3.63) is 58.7 Å². The number of alkyl halides is 1. The number of carbonyl (C=O) groups excluding carboxylic acids is 1. The molecule has 31 nitrogen and oxygen atoms in total. The second kappa shape index (κ2) is 35.8. The first kappa shape index (κ1) is 78.6. The molecule has 90 heavy (non-hydrogen) atoms. The van der Waals surface area contributed by atoms with Crippen LogP contribution in [0.1, 0.15) is 61.3 Å². The Labute approximate surface area is 534 Å². The van der Waals surface area contributed by atoms with Crippen LogP contribution in [0, 0.1) is 5.41 Å². The highest BCUT2D eigenvalue weighted by molar-refractivity contribution is 14.1. The molecule has 22 saturated heterocycles. The van der Waals surface area contributed by atoms with Crippen LogP contribution < -0.4 is 0 Å². The summed E-state index contributed by atoms with van der Waals surface area (Å²) in [6.45, 7) is 4.96. The molecule has 30 unspecified atom stereocenters. The largest absolute Gasteiger partial charge is 0.394 e. The third-order valence-electron chi connectivity index (χ3n) is 16.8. The Morgan fingerprint density at radius 2 is 0.667 bits per heavy atom. The highest BCUT2D eigenvalue weighted by Crippen LogP contribution is 2.42. The van der Waals surface area contributed by atoms with Gasteiger partial charge in [-0.3, -0.25) is 4.79 Å². The van der Waals surface area contributed by atoms with Crippen LogP contribution in [0.4, 0.5) is 0 Å². The van der Waals surface area contributed by atoms with Gasteiger partial charge in [0, 0.05) is 0 Å². The molecule has 1 aliphatic carbocycles. The van der Waals surface area contributed by atoms with Crippen molar-refractivity contribution < 1.29 is 154 Å². The van der Waals surface area contributed by atoms with Gasteiger partial charge in [0.05, 0.1) is 39.6 Å². The Balaban J connectivity index is 0.000000519. The van der Waals surface area contributed by atoms with E-state index in [2.05, 4.69) is 68.5 Å². The zero-order valence-corrected chi connectivity index (χ0v) is 52.1. The number of allylic oxidation sites excluding steroid dienone is 10. The predicted molar refractivity (Wildman–Crippen MR) is 315 cm³/mol. The highest BCUT2D eigenvalue weighted by Gasteiger charge is 2.59. The fourth-order valence-corrected chi connectivity index (χ4v) is 11.7. The normalized spacial score (nSPS) is 45.5. The lowest BCUT2D eigenvalue weighted by Gasteiger charge is -2.50. The SMILES string of the molecule is C.CC1=C(/C=C/C(C)=C/C=C/C(C)=C/C=O)C(C)(C)CCC1.CI.OCC1OC2OC3C(CO)OC(OC4C(CO)OC(OC5C(CO)OC(OC6C(CO)OC(OC7C(CO)OC(OC1C(O)C2O)C(O)C7O)C(O)C6O)C(O)C5O)C(O)C4O)C(O)C3O. The van der Waals surface area contributed by atoms with Crippen LogP contribution >= 0.6 is 22.6 Å². The number of aldehydes is 1. The Bertz CT molecular complexity index is 2060. The summed E-state index contributed by atoms with van der Waals surface area (Å²) < 4.78 is 67.9. The molecule has 12 bridgehead atoms. The minimum atomic E-state index is -2.15. The van der Waals surface area contributed by atoms with E-state index in [4.69, 9.17) is 56.8 Å². The molecule has 520 valence electrons. The van der Waals surface area contributed by atoms with Gasteiger partial charge in [-0.25, -0.2) is 0 Å². The standard InChI is InChI=1S/C36H60O30.C20H28O.CH3I.CH4/c37-1-7-25-13(43)19(49)31(55-7)62-26-8(2-38)57-33(21(51)15(26)45)64-28-10(4-40)59-35(23(53)17(28)47)66-30-12(6-42)60-36(24(54)18(30)48)65-29-11(5-41)58-34(22(52)16(29)46)63-27-9(3-39)56-32(61-25)20(50)14(27)44;1-16(8-6-9-17(2)13-15-21)11-12-19-18(3)10-7-14-20(19,4)5;1-2;/h7-54H,1-6H2;6,8-9,11-13,15H,7,10,14H2,1-5H3;1H3;1H4/b;9-6+,12-11+,16-8+,17-13+;;. The summed E-state index contributed by atoms with van der Waals surface area (Å²) in [4.78, 5) is 12.3. The van der Waals surface area contributed by atoms with E-state index in [1.54, 1.807) is 6.08 Å². The van der Waals surface area contributed by atoms with Gasteiger partial charge in [-0.15, -0.1) is 0 Å². The van der Waals surface area contributed by atoms with Crippen molar-refractivity contribution in [2.45, 2.75) is 246 Å². The number of hydrogen-bond donors (Lipinski definition) is 18. The summed E-state index contributed by atoms with van der Waals surface area (Å²) >= 11 is 2.15. The van der Waals surface area contributed by atoms with E-state index in [0.717, 1.165) is 11.9 Å². The predicted octanol–water partition coefficient (Wildman–Crippen LogP) is -5.65.